The van der Waals surface area contributed by atoms with Crippen molar-refractivity contribution in [3.05, 3.63) is 71.3 Å². The van der Waals surface area contributed by atoms with Gasteiger partial charge in [0.25, 0.3) is 5.91 Å². The third-order valence-electron chi connectivity index (χ3n) is 3.99. The number of hydrogen-bond acceptors (Lipinski definition) is 5. The second kappa shape index (κ2) is 10.3. The molecule has 2 rings (SSSR count). The van der Waals surface area contributed by atoms with Crippen molar-refractivity contribution < 1.29 is 22.8 Å². The Morgan fingerprint density at radius 1 is 0.967 bits per heavy atom. The molecule has 0 saturated heterocycles. The SMILES string of the molecule is CNS(=O)(=O)c1ccc(/C=C/C(=O)NCc2ccc(C(=O)NCC(N)=O)cc2)cc1. The molecule has 0 radical (unpaired) electrons. The zero-order valence-corrected chi connectivity index (χ0v) is 17.0. The third kappa shape index (κ3) is 6.83. The van der Waals surface area contributed by atoms with E-state index in [-0.39, 0.29) is 23.9 Å². The summed E-state index contributed by atoms with van der Waals surface area (Å²) in [7, 11) is -2.17. The van der Waals surface area contributed by atoms with Crippen LogP contribution in [0.2, 0.25) is 0 Å². The van der Waals surface area contributed by atoms with Gasteiger partial charge in [0.05, 0.1) is 11.4 Å². The Morgan fingerprint density at radius 2 is 1.60 bits per heavy atom. The van der Waals surface area contributed by atoms with Gasteiger partial charge in [0, 0.05) is 18.2 Å². The van der Waals surface area contributed by atoms with Crippen molar-refractivity contribution in [1.29, 1.82) is 0 Å². The van der Waals surface area contributed by atoms with Crippen LogP contribution in [0.1, 0.15) is 21.5 Å². The van der Waals surface area contributed by atoms with Crippen LogP contribution in [0.25, 0.3) is 6.08 Å². The zero-order valence-electron chi connectivity index (χ0n) is 16.2. The van der Waals surface area contributed by atoms with E-state index in [1.54, 1.807) is 42.5 Å². The topological polar surface area (TPSA) is 147 Å². The summed E-state index contributed by atoms with van der Waals surface area (Å²) in [5.74, 6) is -1.37. The van der Waals surface area contributed by atoms with E-state index >= 15 is 0 Å². The van der Waals surface area contributed by atoms with Gasteiger partial charge in [-0.15, -0.1) is 0 Å². The van der Waals surface area contributed by atoms with Crippen molar-refractivity contribution in [3.8, 4) is 0 Å². The molecule has 0 aliphatic rings. The maximum Gasteiger partial charge on any atom is 0.251 e. The number of sulfonamides is 1. The Labute approximate surface area is 174 Å². The molecule has 0 unspecified atom stereocenters. The minimum atomic E-state index is -3.50. The number of nitrogens with two attached hydrogens (primary N) is 1. The minimum Gasteiger partial charge on any atom is -0.368 e. The molecule has 9 nitrogen and oxygen atoms in total. The molecule has 3 amide bonds. The van der Waals surface area contributed by atoms with Gasteiger partial charge in [0.2, 0.25) is 21.8 Å². The van der Waals surface area contributed by atoms with Crippen LogP contribution < -0.4 is 21.1 Å². The van der Waals surface area contributed by atoms with Gasteiger partial charge in [0.15, 0.2) is 0 Å². The van der Waals surface area contributed by atoms with Gasteiger partial charge in [-0.25, -0.2) is 13.1 Å². The van der Waals surface area contributed by atoms with Crippen LogP contribution in [0.3, 0.4) is 0 Å². The van der Waals surface area contributed by atoms with Gasteiger partial charge in [-0.05, 0) is 48.5 Å². The highest BCUT2D eigenvalue weighted by Crippen LogP contribution is 2.11. The molecule has 2 aromatic rings. The summed E-state index contributed by atoms with van der Waals surface area (Å²) in [4.78, 5) is 34.6. The van der Waals surface area contributed by atoms with Gasteiger partial charge in [0.1, 0.15) is 0 Å². The first kappa shape index (κ1) is 22.8. The van der Waals surface area contributed by atoms with E-state index in [0.29, 0.717) is 11.1 Å². The molecule has 2 aromatic carbocycles. The van der Waals surface area contributed by atoms with Crippen LogP contribution in [0.4, 0.5) is 0 Å². The fraction of sp³-hybridized carbons (Fsp3) is 0.150. The van der Waals surface area contributed by atoms with E-state index in [0.717, 1.165) is 5.56 Å². The van der Waals surface area contributed by atoms with Crippen molar-refractivity contribution >= 4 is 33.8 Å². The second-order valence-electron chi connectivity index (χ2n) is 6.17. The summed E-state index contributed by atoms with van der Waals surface area (Å²) in [6, 6.07) is 12.6. The normalized spacial score (nSPS) is 11.2. The molecule has 0 fully saturated rings. The number of carbonyl (C=O) groups excluding carboxylic acids is 3. The Balaban J connectivity index is 1.87. The quantitative estimate of drug-likeness (QED) is 0.418. The Hall–Kier alpha value is -3.50. The summed E-state index contributed by atoms with van der Waals surface area (Å²) >= 11 is 0. The summed E-state index contributed by atoms with van der Waals surface area (Å²) < 4.78 is 25.6. The molecule has 0 aliphatic carbocycles. The molecule has 0 bridgehead atoms. The third-order valence-corrected chi connectivity index (χ3v) is 5.42. The lowest BCUT2D eigenvalue weighted by molar-refractivity contribution is -0.117. The number of rotatable bonds is 9. The molecule has 30 heavy (non-hydrogen) atoms. The Morgan fingerprint density at radius 3 is 2.17 bits per heavy atom. The standard InChI is InChI=1S/C20H22N4O5S/c1-22-30(28,29)17-9-4-14(5-10-17)6-11-19(26)23-12-15-2-7-16(8-3-15)20(27)24-13-18(21)25/h2-11,22H,12-13H2,1H3,(H2,21,25)(H,23,26)(H,24,27)/b11-6+. The van der Waals surface area contributed by atoms with E-state index in [4.69, 9.17) is 5.73 Å². The fourth-order valence-electron chi connectivity index (χ4n) is 2.34. The zero-order chi connectivity index (χ0) is 22.1. The number of amides is 3. The predicted octanol–water partition coefficient (Wildman–Crippen LogP) is 0.139. The van der Waals surface area contributed by atoms with Crippen molar-refractivity contribution in [1.82, 2.24) is 15.4 Å². The van der Waals surface area contributed by atoms with E-state index < -0.39 is 21.8 Å². The smallest absolute Gasteiger partial charge is 0.251 e. The average Bonchev–Trinajstić information content (AvgIpc) is 2.75. The molecule has 0 spiro atoms. The van der Waals surface area contributed by atoms with Crippen LogP contribution in [-0.4, -0.2) is 39.7 Å². The van der Waals surface area contributed by atoms with Gasteiger partial charge in [-0.1, -0.05) is 24.3 Å². The Kier molecular flexibility index (Phi) is 7.84. The fourth-order valence-corrected chi connectivity index (χ4v) is 3.07. The van der Waals surface area contributed by atoms with Crippen LogP contribution in [0, 0.1) is 0 Å². The monoisotopic (exact) mass is 430 g/mol. The van der Waals surface area contributed by atoms with Crippen molar-refractivity contribution in [2.45, 2.75) is 11.4 Å². The lowest BCUT2D eigenvalue weighted by Gasteiger charge is -2.06. The first-order valence-corrected chi connectivity index (χ1v) is 10.3. The summed E-state index contributed by atoms with van der Waals surface area (Å²) in [6.45, 7) is 0.0166. The molecule has 10 heteroatoms. The van der Waals surface area contributed by atoms with Crippen LogP contribution in [0.5, 0.6) is 0 Å². The van der Waals surface area contributed by atoms with E-state index in [1.807, 2.05) is 0 Å². The van der Waals surface area contributed by atoms with Crippen LogP contribution >= 0.6 is 0 Å². The summed E-state index contributed by atoms with van der Waals surface area (Å²) in [5, 5.41) is 5.10. The van der Waals surface area contributed by atoms with E-state index in [1.165, 1.54) is 25.3 Å². The summed E-state index contributed by atoms with van der Waals surface area (Å²) in [6.07, 6.45) is 2.91. The average molecular weight is 430 g/mol. The maximum absolute atomic E-state index is 12.0. The molecule has 0 aliphatic heterocycles. The van der Waals surface area contributed by atoms with E-state index in [2.05, 4.69) is 15.4 Å². The highest BCUT2D eigenvalue weighted by Gasteiger charge is 2.10. The second-order valence-corrected chi connectivity index (χ2v) is 8.06. The predicted molar refractivity (Wildman–Crippen MR) is 112 cm³/mol. The lowest BCUT2D eigenvalue weighted by atomic mass is 10.1. The highest BCUT2D eigenvalue weighted by molar-refractivity contribution is 7.89. The van der Waals surface area contributed by atoms with Crippen LogP contribution in [0.15, 0.2) is 59.5 Å². The van der Waals surface area contributed by atoms with Gasteiger partial charge < -0.3 is 16.4 Å². The van der Waals surface area contributed by atoms with Crippen LogP contribution in [-0.2, 0) is 26.2 Å². The highest BCUT2D eigenvalue weighted by atomic mass is 32.2. The molecule has 0 aromatic heterocycles. The lowest BCUT2D eigenvalue weighted by Crippen LogP contribution is -2.33. The van der Waals surface area contributed by atoms with Crippen molar-refractivity contribution in [3.63, 3.8) is 0 Å². The molecule has 0 saturated carbocycles. The number of hydrogen-bond donors (Lipinski definition) is 4. The number of benzene rings is 2. The molecule has 0 atom stereocenters. The van der Waals surface area contributed by atoms with Crippen molar-refractivity contribution in [2.24, 2.45) is 5.73 Å². The molecule has 158 valence electrons. The maximum atomic E-state index is 12.0. The van der Waals surface area contributed by atoms with Crippen molar-refractivity contribution in [2.75, 3.05) is 13.6 Å². The first-order valence-electron chi connectivity index (χ1n) is 8.86. The molecular formula is C20H22N4O5S. The molecule has 0 heterocycles. The van der Waals surface area contributed by atoms with Gasteiger partial charge in [-0.2, -0.15) is 0 Å². The van der Waals surface area contributed by atoms with Gasteiger partial charge in [-0.3, -0.25) is 14.4 Å². The largest absolute Gasteiger partial charge is 0.368 e. The number of carbonyl (C=O) groups is 3. The molecular weight excluding hydrogens is 408 g/mol. The van der Waals surface area contributed by atoms with E-state index in [9.17, 15) is 22.8 Å². The van der Waals surface area contributed by atoms with Gasteiger partial charge >= 0.3 is 0 Å². The number of primary amides is 1. The minimum absolute atomic E-state index is 0.137. The molecule has 5 N–H and O–H groups in total. The Bertz CT molecular complexity index is 1050. The number of nitrogens with one attached hydrogen (secondary N) is 3. The summed E-state index contributed by atoms with van der Waals surface area (Å²) in [5.41, 5.74) is 6.80. The first-order chi connectivity index (χ1) is 14.2.